The molecule has 0 radical (unpaired) electrons. The van der Waals surface area contributed by atoms with Gasteiger partial charge in [0.05, 0.1) is 18.6 Å². The first-order valence-electron chi connectivity index (χ1n) is 9.52. The average Bonchev–Trinajstić information content (AvgIpc) is 3.38. The average molecular weight is 373 g/mol. The molecule has 0 N–H and O–H groups in total. The molecule has 2 aliphatic rings. The van der Waals surface area contributed by atoms with Gasteiger partial charge in [0.2, 0.25) is 0 Å². The Kier molecular flexibility index (Phi) is 5.58. The van der Waals surface area contributed by atoms with Gasteiger partial charge in [0.15, 0.2) is 0 Å². The summed E-state index contributed by atoms with van der Waals surface area (Å²) in [6.07, 6.45) is 7.23. The summed E-state index contributed by atoms with van der Waals surface area (Å²) < 4.78 is 11.7. The molecular formula is C23H23N3O2. The lowest BCUT2D eigenvalue weighted by molar-refractivity contribution is 0.250. The number of aliphatic imine (C=N–C) groups is 2. The summed E-state index contributed by atoms with van der Waals surface area (Å²) >= 11 is 0. The van der Waals surface area contributed by atoms with Crippen LogP contribution in [0.1, 0.15) is 11.1 Å². The lowest BCUT2D eigenvalue weighted by Crippen LogP contribution is -2.37. The third-order valence-corrected chi connectivity index (χ3v) is 4.74. The van der Waals surface area contributed by atoms with Crippen molar-refractivity contribution in [2.24, 2.45) is 9.98 Å². The van der Waals surface area contributed by atoms with E-state index in [1.54, 1.807) is 4.90 Å². The van der Waals surface area contributed by atoms with Gasteiger partial charge in [0.25, 0.3) is 12.0 Å². The Morgan fingerprint density at radius 1 is 0.821 bits per heavy atom. The van der Waals surface area contributed by atoms with Crippen LogP contribution in [0.4, 0.5) is 0 Å². The van der Waals surface area contributed by atoms with Crippen LogP contribution >= 0.6 is 0 Å². The van der Waals surface area contributed by atoms with Crippen LogP contribution in [-0.2, 0) is 22.3 Å². The van der Waals surface area contributed by atoms with Gasteiger partial charge in [-0.05, 0) is 24.0 Å². The molecule has 0 spiro atoms. The third kappa shape index (κ3) is 4.34. The predicted molar refractivity (Wildman–Crippen MR) is 110 cm³/mol. The van der Waals surface area contributed by atoms with Gasteiger partial charge in [-0.1, -0.05) is 66.6 Å². The second kappa shape index (κ2) is 8.62. The van der Waals surface area contributed by atoms with Crippen LogP contribution in [0.2, 0.25) is 0 Å². The fourth-order valence-corrected chi connectivity index (χ4v) is 3.39. The van der Waals surface area contributed by atoms with Crippen molar-refractivity contribution in [1.82, 2.24) is 4.90 Å². The molecule has 2 aliphatic heterocycles. The van der Waals surface area contributed by atoms with Crippen molar-refractivity contribution < 1.29 is 9.47 Å². The lowest BCUT2D eigenvalue weighted by atomic mass is 10.1. The van der Waals surface area contributed by atoms with Crippen LogP contribution in [0.15, 0.2) is 70.6 Å². The second-order valence-corrected chi connectivity index (χ2v) is 6.92. The first-order chi connectivity index (χ1) is 13.8. The number of terminal acetylenes is 1. The molecule has 0 bridgehead atoms. The summed E-state index contributed by atoms with van der Waals surface area (Å²) in [7, 11) is 0. The van der Waals surface area contributed by atoms with E-state index in [1.807, 2.05) is 36.4 Å². The maximum Gasteiger partial charge on any atom is 0.296 e. The number of rotatable bonds is 5. The number of ether oxygens (including phenoxy) is 2. The molecule has 0 aromatic heterocycles. The van der Waals surface area contributed by atoms with Crippen molar-refractivity contribution in [3.8, 4) is 12.3 Å². The van der Waals surface area contributed by atoms with Crippen molar-refractivity contribution in [1.29, 1.82) is 0 Å². The molecule has 5 nitrogen and oxygen atoms in total. The first kappa shape index (κ1) is 18.1. The van der Waals surface area contributed by atoms with E-state index in [0.717, 1.165) is 12.8 Å². The highest BCUT2D eigenvalue weighted by Crippen LogP contribution is 2.18. The minimum Gasteiger partial charge on any atom is -0.462 e. The van der Waals surface area contributed by atoms with Crippen LogP contribution in [0, 0.1) is 12.3 Å². The summed E-state index contributed by atoms with van der Waals surface area (Å²) in [5.74, 6) is 2.65. The Labute approximate surface area is 165 Å². The summed E-state index contributed by atoms with van der Waals surface area (Å²) in [5, 5.41) is 0. The van der Waals surface area contributed by atoms with Crippen molar-refractivity contribution in [3.63, 3.8) is 0 Å². The zero-order valence-electron chi connectivity index (χ0n) is 15.7. The third-order valence-electron chi connectivity index (χ3n) is 4.74. The minimum atomic E-state index is 0.0693. The SMILES string of the molecule is C#CCN(C1=N[C@@H](Cc2ccccc2)CO1)C1=N[C@@H](Cc2ccccc2)CO1. The molecule has 0 saturated heterocycles. The van der Waals surface area contributed by atoms with Crippen molar-refractivity contribution >= 4 is 12.0 Å². The Bertz CT molecular complexity index is 820. The van der Waals surface area contributed by atoms with Crippen LogP contribution in [0.3, 0.4) is 0 Å². The van der Waals surface area contributed by atoms with E-state index in [2.05, 4.69) is 30.2 Å². The zero-order valence-corrected chi connectivity index (χ0v) is 15.7. The molecule has 2 aromatic carbocycles. The van der Waals surface area contributed by atoms with Crippen molar-refractivity contribution in [2.45, 2.75) is 24.9 Å². The van der Waals surface area contributed by atoms with E-state index in [-0.39, 0.29) is 12.1 Å². The molecule has 2 atom stereocenters. The fraction of sp³-hybridized carbons (Fsp3) is 0.304. The van der Waals surface area contributed by atoms with Gasteiger partial charge < -0.3 is 9.47 Å². The molecule has 2 heterocycles. The quantitative estimate of drug-likeness (QED) is 0.757. The normalized spacial score (nSPS) is 20.5. The molecule has 0 saturated carbocycles. The van der Waals surface area contributed by atoms with Crippen molar-refractivity contribution in [2.75, 3.05) is 19.8 Å². The molecule has 142 valence electrons. The maximum atomic E-state index is 5.84. The largest absolute Gasteiger partial charge is 0.462 e. The smallest absolute Gasteiger partial charge is 0.296 e. The van der Waals surface area contributed by atoms with E-state index in [4.69, 9.17) is 25.9 Å². The molecule has 4 rings (SSSR count). The van der Waals surface area contributed by atoms with Crippen LogP contribution < -0.4 is 0 Å². The molecule has 0 aliphatic carbocycles. The Balaban J connectivity index is 1.44. The van der Waals surface area contributed by atoms with Crippen LogP contribution in [0.5, 0.6) is 0 Å². The van der Waals surface area contributed by atoms with E-state index in [1.165, 1.54) is 11.1 Å². The Morgan fingerprint density at radius 3 is 1.71 bits per heavy atom. The second-order valence-electron chi connectivity index (χ2n) is 6.92. The lowest BCUT2D eigenvalue weighted by Gasteiger charge is -2.18. The van der Waals surface area contributed by atoms with Crippen LogP contribution in [0.25, 0.3) is 0 Å². The highest BCUT2D eigenvalue weighted by molar-refractivity contribution is 5.94. The van der Waals surface area contributed by atoms with E-state index in [0.29, 0.717) is 31.8 Å². The summed E-state index contributed by atoms with van der Waals surface area (Å²) in [5.41, 5.74) is 2.48. The Hall–Kier alpha value is -3.26. The monoisotopic (exact) mass is 373 g/mol. The molecule has 0 fully saturated rings. The van der Waals surface area contributed by atoms with Crippen LogP contribution in [-0.4, -0.2) is 48.8 Å². The number of hydrogen-bond donors (Lipinski definition) is 0. The van der Waals surface area contributed by atoms with Gasteiger partial charge in [-0.2, -0.15) is 0 Å². The first-order valence-corrected chi connectivity index (χ1v) is 9.52. The van der Waals surface area contributed by atoms with E-state index < -0.39 is 0 Å². The van der Waals surface area contributed by atoms with Gasteiger partial charge in [0, 0.05) is 0 Å². The van der Waals surface area contributed by atoms with Gasteiger partial charge in [-0.3, -0.25) is 0 Å². The molecule has 5 heteroatoms. The molecule has 2 aromatic rings. The Morgan fingerprint density at radius 2 is 1.29 bits per heavy atom. The minimum absolute atomic E-state index is 0.0693. The number of hydrogen-bond acceptors (Lipinski definition) is 5. The number of benzene rings is 2. The van der Waals surface area contributed by atoms with Crippen molar-refractivity contribution in [3.05, 3.63) is 71.8 Å². The number of nitrogens with zero attached hydrogens (tertiary/aromatic N) is 3. The van der Waals surface area contributed by atoms with E-state index >= 15 is 0 Å². The summed E-state index contributed by atoms with van der Waals surface area (Å²) in [4.78, 5) is 11.2. The highest BCUT2D eigenvalue weighted by Gasteiger charge is 2.31. The standard InChI is InChI=1S/C23H23N3O2/c1-2-13-26(22-24-20(16-27-22)14-18-9-5-3-6-10-18)23-25-21(17-28-23)15-19-11-7-4-8-12-19/h1,3-12,20-21H,13-17H2/t20-,21-/m0/s1. The van der Waals surface area contributed by atoms with Gasteiger partial charge in [-0.15, -0.1) is 6.42 Å². The predicted octanol–water partition coefficient (Wildman–Crippen LogP) is 2.92. The summed E-state index contributed by atoms with van der Waals surface area (Å²) in [6.45, 7) is 1.38. The molecular weight excluding hydrogens is 350 g/mol. The molecule has 28 heavy (non-hydrogen) atoms. The highest BCUT2D eigenvalue weighted by atomic mass is 16.5. The summed E-state index contributed by atoms with van der Waals surface area (Å²) in [6, 6.07) is 21.7. The topological polar surface area (TPSA) is 46.4 Å². The van der Waals surface area contributed by atoms with Gasteiger partial charge >= 0.3 is 0 Å². The molecule has 0 unspecified atom stereocenters. The maximum absolute atomic E-state index is 5.84. The van der Waals surface area contributed by atoms with E-state index in [9.17, 15) is 0 Å². The molecule has 0 amide bonds. The zero-order chi connectivity index (χ0) is 19.2. The number of amidine groups is 2. The van der Waals surface area contributed by atoms with Gasteiger partial charge in [0.1, 0.15) is 13.2 Å². The van der Waals surface area contributed by atoms with Gasteiger partial charge in [-0.25, -0.2) is 14.9 Å². The fourth-order valence-electron chi connectivity index (χ4n) is 3.39.